The maximum Gasteiger partial charge on any atom is 0.274 e. The van der Waals surface area contributed by atoms with Gasteiger partial charge in [0.15, 0.2) is 0 Å². The number of anilines is 2. The zero-order chi connectivity index (χ0) is 15.9. The molecule has 0 fully saturated rings. The summed E-state index contributed by atoms with van der Waals surface area (Å²) in [6.45, 7) is 5.92. The van der Waals surface area contributed by atoms with Crippen molar-refractivity contribution in [2.45, 2.75) is 13.8 Å². The van der Waals surface area contributed by atoms with Crippen LogP contribution in [0.15, 0.2) is 42.6 Å². The molecule has 0 spiro atoms. The molecule has 1 N–H and O–H groups in total. The molecule has 0 bridgehead atoms. The van der Waals surface area contributed by atoms with Crippen LogP contribution in [0.4, 0.5) is 11.4 Å². The molecule has 0 aliphatic rings. The summed E-state index contributed by atoms with van der Waals surface area (Å²) in [7, 11) is 0. The van der Waals surface area contributed by atoms with Gasteiger partial charge in [-0.1, -0.05) is 12.1 Å². The Morgan fingerprint density at radius 3 is 2.55 bits per heavy atom. The number of aromatic nitrogens is 1. The Morgan fingerprint density at radius 2 is 1.95 bits per heavy atom. The molecule has 0 atom stereocenters. The van der Waals surface area contributed by atoms with Gasteiger partial charge >= 0.3 is 0 Å². The third kappa shape index (κ3) is 3.41. The van der Waals surface area contributed by atoms with Crippen molar-refractivity contribution in [2.75, 3.05) is 23.3 Å². The van der Waals surface area contributed by atoms with Gasteiger partial charge in [-0.2, -0.15) is 5.26 Å². The Hall–Kier alpha value is -2.87. The molecule has 0 aliphatic carbocycles. The van der Waals surface area contributed by atoms with Gasteiger partial charge < -0.3 is 10.2 Å². The minimum Gasteiger partial charge on any atom is -0.371 e. The van der Waals surface area contributed by atoms with Crippen molar-refractivity contribution in [2.24, 2.45) is 0 Å². The highest BCUT2D eigenvalue weighted by Gasteiger charge is 2.11. The molecule has 0 aliphatic heterocycles. The number of carbonyl (C=O) groups excluding carboxylic acids is 1. The van der Waals surface area contributed by atoms with Crippen LogP contribution in [0, 0.1) is 11.3 Å². The number of hydrogen-bond acceptors (Lipinski definition) is 4. The average Bonchev–Trinajstić information content (AvgIpc) is 2.57. The van der Waals surface area contributed by atoms with Crippen molar-refractivity contribution in [1.82, 2.24) is 4.98 Å². The van der Waals surface area contributed by atoms with Gasteiger partial charge in [-0.3, -0.25) is 4.79 Å². The van der Waals surface area contributed by atoms with Crippen molar-refractivity contribution >= 4 is 17.3 Å². The smallest absolute Gasteiger partial charge is 0.274 e. The molecule has 2 aromatic rings. The van der Waals surface area contributed by atoms with E-state index < -0.39 is 0 Å². The lowest BCUT2D eigenvalue weighted by Crippen LogP contribution is -2.22. The van der Waals surface area contributed by atoms with E-state index in [1.807, 2.05) is 12.1 Å². The number of rotatable bonds is 5. The van der Waals surface area contributed by atoms with E-state index in [1.54, 1.807) is 36.5 Å². The monoisotopic (exact) mass is 294 g/mol. The van der Waals surface area contributed by atoms with Crippen molar-refractivity contribution in [3.8, 4) is 6.07 Å². The third-order valence-electron chi connectivity index (χ3n) is 3.40. The zero-order valence-corrected chi connectivity index (χ0v) is 12.7. The molecule has 1 aromatic heterocycles. The first-order valence-electron chi connectivity index (χ1n) is 7.21. The third-order valence-corrected chi connectivity index (χ3v) is 3.40. The minimum absolute atomic E-state index is 0.323. The lowest BCUT2D eigenvalue weighted by atomic mass is 10.2. The number of benzene rings is 1. The molecular weight excluding hydrogens is 276 g/mol. The summed E-state index contributed by atoms with van der Waals surface area (Å²) in [5, 5.41) is 11.7. The van der Waals surface area contributed by atoms with E-state index in [4.69, 9.17) is 5.26 Å². The molecule has 0 unspecified atom stereocenters. The highest BCUT2D eigenvalue weighted by atomic mass is 16.1. The van der Waals surface area contributed by atoms with Crippen molar-refractivity contribution in [3.63, 3.8) is 0 Å². The molecular formula is C17H18N4O. The Labute approximate surface area is 130 Å². The normalized spacial score (nSPS) is 9.86. The summed E-state index contributed by atoms with van der Waals surface area (Å²) >= 11 is 0. The molecule has 0 radical (unpaired) electrons. The fourth-order valence-corrected chi connectivity index (χ4v) is 2.17. The van der Waals surface area contributed by atoms with Crippen molar-refractivity contribution in [3.05, 3.63) is 53.9 Å². The Kier molecular flexibility index (Phi) is 5.10. The highest BCUT2D eigenvalue weighted by molar-refractivity contribution is 6.03. The van der Waals surface area contributed by atoms with E-state index in [2.05, 4.69) is 29.0 Å². The first-order chi connectivity index (χ1) is 10.7. The molecule has 1 aromatic carbocycles. The van der Waals surface area contributed by atoms with Crippen LogP contribution in [0.5, 0.6) is 0 Å². The summed E-state index contributed by atoms with van der Waals surface area (Å²) < 4.78 is 0. The lowest BCUT2D eigenvalue weighted by Gasteiger charge is -2.20. The van der Waals surface area contributed by atoms with Crippen molar-refractivity contribution in [1.29, 1.82) is 5.26 Å². The topological polar surface area (TPSA) is 69.0 Å². The van der Waals surface area contributed by atoms with Crippen LogP contribution < -0.4 is 10.2 Å². The minimum atomic E-state index is -0.325. The molecule has 0 saturated heterocycles. The van der Waals surface area contributed by atoms with E-state index >= 15 is 0 Å². The predicted molar refractivity (Wildman–Crippen MR) is 86.9 cm³/mol. The van der Waals surface area contributed by atoms with Gasteiger partial charge in [-0.05, 0) is 38.1 Å². The van der Waals surface area contributed by atoms with Gasteiger partial charge in [0.2, 0.25) is 0 Å². The fraction of sp³-hybridized carbons (Fsp3) is 0.235. The molecule has 0 saturated carbocycles. The molecule has 5 nitrogen and oxygen atoms in total. The summed E-state index contributed by atoms with van der Waals surface area (Å²) in [5.41, 5.74) is 2.22. The Balaban J connectivity index is 2.15. The summed E-state index contributed by atoms with van der Waals surface area (Å²) in [5.74, 6) is -0.325. The van der Waals surface area contributed by atoms with Crippen LogP contribution in [0.1, 0.15) is 29.9 Å². The number of pyridine rings is 1. The highest BCUT2D eigenvalue weighted by Crippen LogP contribution is 2.16. The number of amides is 1. The van der Waals surface area contributed by atoms with Crippen LogP contribution >= 0.6 is 0 Å². The van der Waals surface area contributed by atoms with Crippen LogP contribution in [-0.2, 0) is 0 Å². The fourth-order valence-electron chi connectivity index (χ4n) is 2.17. The Bertz CT molecular complexity index is 685. The molecule has 22 heavy (non-hydrogen) atoms. The van der Waals surface area contributed by atoms with Gasteiger partial charge in [0, 0.05) is 13.1 Å². The van der Waals surface area contributed by atoms with Gasteiger partial charge in [-0.15, -0.1) is 0 Å². The van der Waals surface area contributed by atoms with Crippen LogP contribution in [0.3, 0.4) is 0 Å². The summed E-state index contributed by atoms with van der Waals surface area (Å²) in [6.07, 6.45) is 1.69. The van der Waals surface area contributed by atoms with E-state index in [-0.39, 0.29) is 5.91 Å². The largest absolute Gasteiger partial charge is 0.371 e. The molecule has 112 valence electrons. The van der Waals surface area contributed by atoms with Crippen LogP contribution in [0.25, 0.3) is 0 Å². The summed E-state index contributed by atoms with van der Waals surface area (Å²) in [4.78, 5) is 18.6. The second-order valence-corrected chi connectivity index (χ2v) is 4.69. The van der Waals surface area contributed by atoms with E-state index in [9.17, 15) is 4.79 Å². The van der Waals surface area contributed by atoms with Gasteiger partial charge in [0.05, 0.1) is 23.1 Å². The average molecular weight is 294 g/mol. The van der Waals surface area contributed by atoms with E-state index in [1.165, 1.54) is 0 Å². The number of nitrogens with one attached hydrogen (secondary N) is 1. The molecule has 5 heteroatoms. The lowest BCUT2D eigenvalue weighted by molar-refractivity contribution is 0.102. The van der Waals surface area contributed by atoms with Gasteiger partial charge in [0.25, 0.3) is 5.91 Å². The maximum absolute atomic E-state index is 12.2. The van der Waals surface area contributed by atoms with Crippen LogP contribution in [0.2, 0.25) is 0 Å². The number of nitriles is 1. The molecule has 1 amide bonds. The van der Waals surface area contributed by atoms with Gasteiger partial charge in [0.1, 0.15) is 11.8 Å². The van der Waals surface area contributed by atoms with E-state index in [0.717, 1.165) is 18.8 Å². The number of nitrogens with zero attached hydrogens (tertiary/aromatic N) is 3. The predicted octanol–water partition coefficient (Wildman–Crippen LogP) is 3.05. The molecule has 1 heterocycles. The molecule has 2 rings (SSSR count). The van der Waals surface area contributed by atoms with Crippen molar-refractivity contribution < 1.29 is 4.79 Å². The number of para-hydroxylation sites is 1. The zero-order valence-electron chi connectivity index (χ0n) is 12.7. The van der Waals surface area contributed by atoms with Crippen LogP contribution in [-0.4, -0.2) is 24.0 Å². The first-order valence-corrected chi connectivity index (χ1v) is 7.21. The van der Waals surface area contributed by atoms with E-state index in [0.29, 0.717) is 16.9 Å². The van der Waals surface area contributed by atoms with Gasteiger partial charge in [-0.25, -0.2) is 4.98 Å². The standard InChI is InChI=1S/C17H18N4O/c1-3-21(4-2)14-9-10-16(19-12-14)17(22)20-15-8-6-5-7-13(15)11-18/h5-10,12H,3-4H2,1-2H3,(H,20,22). The first kappa shape index (κ1) is 15.5. The maximum atomic E-state index is 12.2. The number of carbonyl (C=O) groups is 1. The number of hydrogen-bond donors (Lipinski definition) is 1. The second-order valence-electron chi connectivity index (χ2n) is 4.69. The quantitative estimate of drug-likeness (QED) is 0.920. The SMILES string of the molecule is CCN(CC)c1ccc(C(=O)Nc2ccccc2C#N)nc1. The Morgan fingerprint density at radius 1 is 1.23 bits per heavy atom. The summed E-state index contributed by atoms with van der Waals surface area (Å²) in [6, 6.07) is 12.5. The second kappa shape index (κ2) is 7.23.